The highest BCUT2D eigenvalue weighted by Gasteiger charge is 2.27. The molecule has 2 unspecified atom stereocenters. The SMILES string of the molecule is CS(=O)CCNC1CCCC(C)(C)C1. The first-order valence-electron chi connectivity index (χ1n) is 5.53. The van der Waals surface area contributed by atoms with Gasteiger partial charge in [0, 0.05) is 35.4 Å². The van der Waals surface area contributed by atoms with Gasteiger partial charge in [0.1, 0.15) is 0 Å². The Balaban J connectivity index is 2.21. The molecule has 0 aliphatic heterocycles. The predicted octanol–water partition coefficient (Wildman–Crippen LogP) is 1.92. The summed E-state index contributed by atoms with van der Waals surface area (Å²) in [6.07, 6.45) is 7.01. The summed E-state index contributed by atoms with van der Waals surface area (Å²) in [6.45, 7) is 5.60. The lowest BCUT2D eigenvalue weighted by atomic mass is 9.75. The maximum Gasteiger partial charge on any atom is 0.0357 e. The largest absolute Gasteiger partial charge is 0.313 e. The third kappa shape index (κ3) is 4.56. The van der Waals surface area contributed by atoms with Gasteiger partial charge in [0.2, 0.25) is 0 Å². The minimum atomic E-state index is -0.652. The maximum absolute atomic E-state index is 10.9. The second-order valence-corrected chi connectivity index (χ2v) is 6.74. The predicted molar refractivity (Wildman–Crippen MR) is 63.0 cm³/mol. The molecule has 1 N–H and O–H groups in total. The summed E-state index contributed by atoms with van der Waals surface area (Å²) in [5, 5.41) is 3.52. The molecule has 1 fully saturated rings. The average Bonchev–Trinajstić information content (AvgIpc) is 2.01. The zero-order valence-electron chi connectivity index (χ0n) is 9.64. The standard InChI is InChI=1S/C11H23NOS/c1-11(2)6-4-5-10(9-11)12-7-8-14(3)13/h10,12H,4-9H2,1-3H3. The van der Waals surface area contributed by atoms with E-state index in [2.05, 4.69) is 19.2 Å². The molecule has 0 heterocycles. The number of hydrogen-bond acceptors (Lipinski definition) is 2. The fraction of sp³-hybridized carbons (Fsp3) is 1.00. The monoisotopic (exact) mass is 217 g/mol. The van der Waals surface area contributed by atoms with Crippen LogP contribution in [-0.2, 0) is 10.8 Å². The van der Waals surface area contributed by atoms with Gasteiger partial charge < -0.3 is 5.32 Å². The molecule has 1 aliphatic rings. The van der Waals surface area contributed by atoms with Crippen LogP contribution in [0.2, 0.25) is 0 Å². The van der Waals surface area contributed by atoms with Gasteiger partial charge >= 0.3 is 0 Å². The minimum Gasteiger partial charge on any atom is -0.313 e. The van der Waals surface area contributed by atoms with Crippen LogP contribution in [0.1, 0.15) is 39.5 Å². The van der Waals surface area contributed by atoms with E-state index in [9.17, 15) is 4.21 Å². The van der Waals surface area contributed by atoms with Gasteiger partial charge in [-0.05, 0) is 24.7 Å². The zero-order valence-corrected chi connectivity index (χ0v) is 10.5. The Morgan fingerprint density at radius 1 is 1.50 bits per heavy atom. The Labute approximate surface area is 90.3 Å². The van der Waals surface area contributed by atoms with Crippen molar-refractivity contribution in [2.75, 3.05) is 18.6 Å². The van der Waals surface area contributed by atoms with E-state index < -0.39 is 10.8 Å². The Hall–Kier alpha value is 0.110. The Bertz CT molecular complexity index is 203. The van der Waals surface area contributed by atoms with E-state index in [1.165, 1.54) is 25.7 Å². The minimum absolute atomic E-state index is 0.501. The molecule has 1 rings (SSSR count). The lowest BCUT2D eigenvalue weighted by Gasteiger charge is -2.35. The van der Waals surface area contributed by atoms with Crippen molar-refractivity contribution in [1.82, 2.24) is 5.32 Å². The molecule has 0 bridgehead atoms. The molecule has 84 valence electrons. The summed E-state index contributed by atoms with van der Waals surface area (Å²) in [5.41, 5.74) is 0.501. The van der Waals surface area contributed by atoms with Crippen LogP contribution in [0.4, 0.5) is 0 Å². The van der Waals surface area contributed by atoms with Crippen molar-refractivity contribution in [2.24, 2.45) is 5.41 Å². The Morgan fingerprint density at radius 2 is 2.21 bits per heavy atom. The van der Waals surface area contributed by atoms with Gasteiger partial charge in [-0.25, -0.2) is 0 Å². The third-order valence-corrected chi connectivity index (χ3v) is 3.81. The number of hydrogen-bond donors (Lipinski definition) is 1. The highest BCUT2D eigenvalue weighted by atomic mass is 32.2. The van der Waals surface area contributed by atoms with Crippen molar-refractivity contribution in [2.45, 2.75) is 45.6 Å². The van der Waals surface area contributed by atoms with E-state index >= 15 is 0 Å². The first-order chi connectivity index (χ1) is 6.49. The van der Waals surface area contributed by atoms with Crippen molar-refractivity contribution >= 4 is 10.8 Å². The molecule has 0 spiro atoms. The molecular weight excluding hydrogens is 194 g/mol. The molecule has 0 aromatic rings. The van der Waals surface area contributed by atoms with Crippen LogP contribution in [-0.4, -0.2) is 28.8 Å². The Morgan fingerprint density at radius 3 is 2.79 bits per heavy atom. The normalized spacial score (nSPS) is 28.6. The molecule has 1 saturated carbocycles. The topological polar surface area (TPSA) is 29.1 Å². The van der Waals surface area contributed by atoms with Crippen LogP contribution in [0.15, 0.2) is 0 Å². The van der Waals surface area contributed by atoms with Crippen molar-refractivity contribution in [1.29, 1.82) is 0 Å². The molecule has 0 aromatic carbocycles. The second kappa shape index (κ2) is 5.26. The molecular formula is C11H23NOS. The van der Waals surface area contributed by atoms with Gasteiger partial charge in [0.15, 0.2) is 0 Å². The van der Waals surface area contributed by atoms with Crippen LogP contribution in [0.5, 0.6) is 0 Å². The van der Waals surface area contributed by atoms with Gasteiger partial charge in [-0.2, -0.15) is 0 Å². The molecule has 0 amide bonds. The molecule has 0 aromatic heterocycles. The summed E-state index contributed by atoms with van der Waals surface area (Å²) in [5.74, 6) is 0.789. The highest BCUT2D eigenvalue weighted by molar-refractivity contribution is 7.84. The Kier molecular flexibility index (Phi) is 4.58. The lowest BCUT2D eigenvalue weighted by molar-refractivity contribution is 0.200. The molecule has 0 radical (unpaired) electrons. The fourth-order valence-electron chi connectivity index (χ4n) is 2.28. The van der Waals surface area contributed by atoms with Crippen molar-refractivity contribution in [3.8, 4) is 0 Å². The van der Waals surface area contributed by atoms with Crippen LogP contribution >= 0.6 is 0 Å². The van der Waals surface area contributed by atoms with Crippen LogP contribution in [0, 0.1) is 5.41 Å². The van der Waals surface area contributed by atoms with Crippen molar-refractivity contribution < 1.29 is 4.21 Å². The smallest absolute Gasteiger partial charge is 0.0357 e. The summed E-state index contributed by atoms with van der Waals surface area (Å²) < 4.78 is 10.9. The number of nitrogens with one attached hydrogen (secondary N) is 1. The van der Waals surface area contributed by atoms with E-state index in [1.54, 1.807) is 6.26 Å². The highest BCUT2D eigenvalue weighted by Crippen LogP contribution is 2.34. The third-order valence-electron chi connectivity index (χ3n) is 3.03. The molecule has 1 aliphatic carbocycles. The second-order valence-electron chi connectivity index (χ2n) is 5.19. The summed E-state index contributed by atoms with van der Waals surface area (Å²) in [6, 6.07) is 0.655. The van der Waals surface area contributed by atoms with E-state index in [4.69, 9.17) is 0 Å². The van der Waals surface area contributed by atoms with Gasteiger partial charge in [-0.3, -0.25) is 4.21 Å². The van der Waals surface area contributed by atoms with Crippen molar-refractivity contribution in [3.05, 3.63) is 0 Å². The van der Waals surface area contributed by atoms with Gasteiger partial charge in [0.25, 0.3) is 0 Å². The van der Waals surface area contributed by atoms with E-state index in [0.29, 0.717) is 11.5 Å². The molecule has 2 atom stereocenters. The maximum atomic E-state index is 10.9. The number of rotatable bonds is 4. The van der Waals surface area contributed by atoms with Gasteiger partial charge in [-0.15, -0.1) is 0 Å². The molecule has 2 nitrogen and oxygen atoms in total. The zero-order chi connectivity index (χ0) is 10.6. The van der Waals surface area contributed by atoms with Crippen molar-refractivity contribution in [3.63, 3.8) is 0 Å². The van der Waals surface area contributed by atoms with E-state index in [1.807, 2.05) is 0 Å². The average molecular weight is 217 g/mol. The first kappa shape index (κ1) is 12.2. The van der Waals surface area contributed by atoms with E-state index in [-0.39, 0.29) is 0 Å². The van der Waals surface area contributed by atoms with E-state index in [0.717, 1.165) is 12.3 Å². The van der Waals surface area contributed by atoms with Crippen LogP contribution in [0.25, 0.3) is 0 Å². The van der Waals surface area contributed by atoms with Gasteiger partial charge in [-0.1, -0.05) is 20.3 Å². The summed E-state index contributed by atoms with van der Waals surface area (Å²) in [7, 11) is -0.652. The van der Waals surface area contributed by atoms with Crippen LogP contribution in [0.3, 0.4) is 0 Å². The van der Waals surface area contributed by atoms with Gasteiger partial charge in [0.05, 0.1) is 0 Å². The summed E-state index contributed by atoms with van der Waals surface area (Å²) >= 11 is 0. The molecule has 0 saturated heterocycles. The first-order valence-corrected chi connectivity index (χ1v) is 7.26. The lowest BCUT2D eigenvalue weighted by Crippen LogP contribution is -2.38. The molecule has 14 heavy (non-hydrogen) atoms. The van der Waals surface area contributed by atoms with Crippen LogP contribution < -0.4 is 5.32 Å². The summed E-state index contributed by atoms with van der Waals surface area (Å²) in [4.78, 5) is 0. The quantitative estimate of drug-likeness (QED) is 0.779. The fourth-order valence-corrected chi connectivity index (χ4v) is 2.68. The molecule has 3 heteroatoms.